The van der Waals surface area contributed by atoms with E-state index in [1.807, 2.05) is 23.1 Å². The van der Waals surface area contributed by atoms with Crippen molar-refractivity contribution in [3.8, 4) is 0 Å². The SMILES string of the molecule is O=C(NCc1ccc(F)cc1)c1nnc(CN2CCN(C(=O)Cc3ccccc3Cl)CC2)s1. The first-order valence-corrected chi connectivity index (χ1v) is 11.8. The number of hydrogen-bond donors (Lipinski definition) is 1. The first-order valence-electron chi connectivity index (χ1n) is 10.6. The molecule has 172 valence electrons. The summed E-state index contributed by atoms with van der Waals surface area (Å²) in [4.78, 5) is 29.0. The van der Waals surface area contributed by atoms with Gasteiger partial charge in [0.05, 0.1) is 13.0 Å². The lowest BCUT2D eigenvalue weighted by molar-refractivity contribution is -0.132. The Balaban J connectivity index is 1.23. The summed E-state index contributed by atoms with van der Waals surface area (Å²) in [7, 11) is 0. The number of amides is 2. The van der Waals surface area contributed by atoms with Gasteiger partial charge in [0.25, 0.3) is 5.91 Å². The molecule has 4 rings (SSSR count). The molecule has 3 aromatic rings. The number of benzene rings is 2. The van der Waals surface area contributed by atoms with E-state index in [0.29, 0.717) is 36.1 Å². The van der Waals surface area contributed by atoms with Crippen LogP contribution in [0.25, 0.3) is 0 Å². The van der Waals surface area contributed by atoms with Gasteiger partial charge in [-0.15, -0.1) is 10.2 Å². The summed E-state index contributed by atoms with van der Waals surface area (Å²) in [5, 5.41) is 12.6. The molecule has 0 atom stereocenters. The predicted molar refractivity (Wildman–Crippen MR) is 124 cm³/mol. The Labute approximate surface area is 200 Å². The highest BCUT2D eigenvalue weighted by molar-refractivity contribution is 7.13. The van der Waals surface area contributed by atoms with Crippen molar-refractivity contribution >= 4 is 34.8 Å². The van der Waals surface area contributed by atoms with E-state index in [9.17, 15) is 14.0 Å². The number of piperazine rings is 1. The number of hydrogen-bond acceptors (Lipinski definition) is 6. The van der Waals surface area contributed by atoms with Gasteiger partial charge in [-0.3, -0.25) is 14.5 Å². The number of carbonyl (C=O) groups excluding carboxylic acids is 2. The van der Waals surface area contributed by atoms with Gasteiger partial charge in [0.2, 0.25) is 10.9 Å². The molecule has 0 spiro atoms. The fourth-order valence-corrected chi connectivity index (χ4v) is 4.53. The van der Waals surface area contributed by atoms with Gasteiger partial charge in [-0.2, -0.15) is 0 Å². The summed E-state index contributed by atoms with van der Waals surface area (Å²) < 4.78 is 13.0. The molecule has 0 radical (unpaired) electrons. The zero-order chi connectivity index (χ0) is 23.2. The van der Waals surface area contributed by atoms with Gasteiger partial charge in [-0.05, 0) is 29.3 Å². The van der Waals surface area contributed by atoms with Gasteiger partial charge < -0.3 is 10.2 Å². The number of carbonyl (C=O) groups is 2. The van der Waals surface area contributed by atoms with Gasteiger partial charge in [0.1, 0.15) is 10.8 Å². The fourth-order valence-electron chi connectivity index (χ4n) is 3.53. The zero-order valence-electron chi connectivity index (χ0n) is 17.8. The summed E-state index contributed by atoms with van der Waals surface area (Å²) in [6.45, 7) is 3.58. The maximum Gasteiger partial charge on any atom is 0.282 e. The van der Waals surface area contributed by atoms with E-state index in [1.54, 1.807) is 18.2 Å². The molecule has 2 heterocycles. The number of halogens is 2. The third-order valence-electron chi connectivity index (χ3n) is 5.41. The van der Waals surface area contributed by atoms with Crippen LogP contribution in [-0.4, -0.2) is 58.0 Å². The first-order chi connectivity index (χ1) is 16.0. The fraction of sp³-hybridized carbons (Fsp3) is 0.304. The molecule has 0 unspecified atom stereocenters. The van der Waals surface area contributed by atoms with Crippen molar-refractivity contribution in [3.05, 3.63) is 80.5 Å². The summed E-state index contributed by atoms with van der Waals surface area (Å²) in [6, 6.07) is 13.4. The largest absolute Gasteiger partial charge is 0.346 e. The van der Waals surface area contributed by atoms with Crippen molar-refractivity contribution in [3.63, 3.8) is 0 Å². The quantitative estimate of drug-likeness (QED) is 0.554. The lowest BCUT2D eigenvalue weighted by atomic mass is 10.1. The van der Waals surface area contributed by atoms with Gasteiger partial charge in [0.15, 0.2) is 0 Å². The molecule has 2 amide bonds. The Morgan fingerprint density at radius 2 is 1.76 bits per heavy atom. The average molecular weight is 488 g/mol. The molecular formula is C23H23ClFN5O2S. The topological polar surface area (TPSA) is 78.4 Å². The molecule has 1 aliphatic rings. The zero-order valence-corrected chi connectivity index (χ0v) is 19.4. The summed E-state index contributed by atoms with van der Waals surface area (Å²) in [6.07, 6.45) is 0.298. The van der Waals surface area contributed by atoms with Crippen LogP contribution in [0.4, 0.5) is 4.39 Å². The summed E-state index contributed by atoms with van der Waals surface area (Å²) in [5.41, 5.74) is 1.64. The second kappa shape index (κ2) is 10.8. The Hall–Kier alpha value is -2.88. The highest BCUT2D eigenvalue weighted by atomic mass is 35.5. The molecule has 1 saturated heterocycles. The van der Waals surface area contributed by atoms with E-state index < -0.39 is 0 Å². The predicted octanol–water partition coefficient (Wildman–Crippen LogP) is 3.15. The second-order valence-electron chi connectivity index (χ2n) is 7.74. The molecule has 7 nitrogen and oxygen atoms in total. The van der Waals surface area contributed by atoms with Crippen LogP contribution in [0.15, 0.2) is 48.5 Å². The van der Waals surface area contributed by atoms with E-state index >= 15 is 0 Å². The van der Waals surface area contributed by atoms with Crippen molar-refractivity contribution in [1.82, 2.24) is 25.3 Å². The van der Waals surface area contributed by atoms with E-state index in [-0.39, 0.29) is 24.2 Å². The standard InChI is InChI=1S/C23H23ClFN5O2S/c24-19-4-2-1-3-17(19)13-21(31)30-11-9-29(10-12-30)15-20-27-28-23(33-20)22(32)26-14-16-5-7-18(25)8-6-16/h1-8H,9-15H2,(H,26,32). The smallest absolute Gasteiger partial charge is 0.282 e. The van der Waals surface area contributed by atoms with Crippen molar-refractivity contribution in [1.29, 1.82) is 0 Å². The van der Waals surface area contributed by atoms with Crippen LogP contribution in [0.3, 0.4) is 0 Å². The molecule has 1 fully saturated rings. The lowest BCUT2D eigenvalue weighted by Crippen LogP contribution is -2.48. The van der Waals surface area contributed by atoms with Crippen LogP contribution >= 0.6 is 22.9 Å². The van der Waals surface area contributed by atoms with E-state index in [1.165, 1.54) is 23.5 Å². The Kier molecular flexibility index (Phi) is 7.64. The van der Waals surface area contributed by atoms with Gasteiger partial charge in [0, 0.05) is 37.7 Å². The highest BCUT2D eigenvalue weighted by Crippen LogP contribution is 2.18. The third-order valence-corrected chi connectivity index (χ3v) is 6.69. The van der Waals surface area contributed by atoms with Crippen molar-refractivity contribution in [2.75, 3.05) is 26.2 Å². The maximum atomic E-state index is 13.0. The minimum absolute atomic E-state index is 0.0683. The maximum absolute atomic E-state index is 13.0. The van der Waals surface area contributed by atoms with Crippen LogP contribution < -0.4 is 5.32 Å². The Bertz CT molecular complexity index is 1120. The molecule has 0 saturated carbocycles. The number of nitrogens with one attached hydrogen (secondary N) is 1. The Morgan fingerprint density at radius 1 is 1.03 bits per heavy atom. The van der Waals surface area contributed by atoms with Gasteiger partial charge in [-0.1, -0.05) is 53.3 Å². The Morgan fingerprint density at radius 3 is 2.48 bits per heavy atom. The molecule has 1 N–H and O–H groups in total. The molecule has 0 bridgehead atoms. The highest BCUT2D eigenvalue weighted by Gasteiger charge is 2.23. The number of nitrogens with zero attached hydrogens (tertiary/aromatic N) is 4. The second-order valence-corrected chi connectivity index (χ2v) is 9.20. The van der Waals surface area contributed by atoms with Gasteiger partial charge in [-0.25, -0.2) is 4.39 Å². The van der Waals surface area contributed by atoms with Crippen LogP contribution in [0.5, 0.6) is 0 Å². The molecule has 1 aromatic heterocycles. The van der Waals surface area contributed by atoms with Crippen LogP contribution in [-0.2, 0) is 24.3 Å². The number of aromatic nitrogens is 2. The third kappa shape index (κ3) is 6.34. The molecule has 1 aliphatic heterocycles. The first kappa shape index (κ1) is 23.3. The molecular weight excluding hydrogens is 465 g/mol. The van der Waals surface area contributed by atoms with E-state index in [4.69, 9.17) is 11.6 Å². The van der Waals surface area contributed by atoms with E-state index in [2.05, 4.69) is 20.4 Å². The van der Waals surface area contributed by atoms with Crippen LogP contribution in [0, 0.1) is 5.82 Å². The van der Waals surface area contributed by atoms with Crippen LogP contribution in [0.1, 0.15) is 25.9 Å². The monoisotopic (exact) mass is 487 g/mol. The molecule has 10 heteroatoms. The molecule has 33 heavy (non-hydrogen) atoms. The average Bonchev–Trinajstić information content (AvgIpc) is 3.29. The van der Waals surface area contributed by atoms with Crippen molar-refractivity contribution < 1.29 is 14.0 Å². The normalized spacial score (nSPS) is 14.3. The molecule has 0 aliphatic carbocycles. The summed E-state index contributed by atoms with van der Waals surface area (Å²) >= 11 is 7.42. The minimum Gasteiger partial charge on any atom is -0.346 e. The van der Waals surface area contributed by atoms with Crippen molar-refractivity contribution in [2.45, 2.75) is 19.5 Å². The minimum atomic E-state index is -0.315. The van der Waals surface area contributed by atoms with Crippen molar-refractivity contribution in [2.24, 2.45) is 0 Å². The molecule has 2 aromatic carbocycles. The van der Waals surface area contributed by atoms with E-state index in [0.717, 1.165) is 29.2 Å². The summed E-state index contributed by atoms with van der Waals surface area (Å²) in [5.74, 6) is -0.554. The number of rotatable bonds is 7. The van der Waals surface area contributed by atoms with Gasteiger partial charge >= 0.3 is 0 Å². The van der Waals surface area contributed by atoms with Crippen LogP contribution in [0.2, 0.25) is 5.02 Å². The lowest BCUT2D eigenvalue weighted by Gasteiger charge is -2.34.